The van der Waals surface area contributed by atoms with Crippen LogP contribution in [0.4, 0.5) is 11.5 Å². The number of rotatable bonds is 6. The third-order valence-corrected chi connectivity index (χ3v) is 3.11. The molecular formula is C17H23N3O. The lowest BCUT2D eigenvalue weighted by Crippen LogP contribution is -2.11. The number of nitrogens with one attached hydrogen (secondary N) is 1. The van der Waals surface area contributed by atoms with E-state index in [1.807, 2.05) is 30.3 Å². The number of aromatic nitrogens is 1. The zero-order valence-electron chi connectivity index (χ0n) is 12.8. The summed E-state index contributed by atoms with van der Waals surface area (Å²) in [7, 11) is 0. The Kier molecular flexibility index (Phi) is 5.04. The lowest BCUT2D eigenvalue weighted by atomic mass is 10.1. The highest BCUT2D eigenvalue weighted by molar-refractivity contribution is 5.54. The first kappa shape index (κ1) is 15.2. The van der Waals surface area contributed by atoms with Crippen molar-refractivity contribution in [3.05, 3.63) is 48.0 Å². The van der Waals surface area contributed by atoms with Crippen molar-refractivity contribution >= 4 is 11.5 Å². The van der Waals surface area contributed by atoms with Gasteiger partial charge in [0.1, 0.15) is 5.82 Å². The van der Waals surface area contributed by atoms with Crippen molar-refractivity contribution in [2.75, 3.05) is 17.7 Å². The van der Waals surface area contributed by atoms with Crippen LogP contribution in [0.5, 0.6) is 5.88 Å². The van der Waals surface area contributed by atoms with E-state index in [4.69, 9.17) is 10.5 Å². The molecule has 0 aliphatic carbocycles. The van der Waals surface area contributed by atoms with Gasteiger partial charge >= 0.3 is 0 Å². The third kappa shape index (κ3) is 4.38. The van der Waals surface area contributed by atoms with Gasteiger partial charge in [0.05, 0.1) is 12.3 Å². The summed E-state index contributed by atoms with van der Waals surface area (Å²) in [4.78, 5) is 4.45. The summed E-state index contributed by atoms with van der Waals surface area (Å²) in [6.07, 6.45) is 0. The fourth-order valence-corrected chi connectivity index (χ4v) is 1.94. The number of nitrogen functional groups attached to an aromatic ring is 1. The molecule has 0 radical (unpaired) electrons. The highest BCUT2D eigenvalue weighted by Gasteiger charge is 2.09. The molecule has 3 N–H and O–H groups in total. The minimum atomic E-state index is 0.167. The van der Waals surface area contributed by atoms with E-state index in [1.165, 1.54) is 5.56 Å². The molecule has 4 nitrogen and oxygen atoms in total. The second-order valence-electron chi connectivity index (χ2n) is 5.57. The van der Waals surface area contributed by atoms with E-state index >= 15 is 0 Å². The molecule has 0 fully saturated rings. The lowest BCUT2D eigenvalue weighted by Gasteiger charge is -2.16. The molecule has 2 rings (SSSR count). The van der Waals surface area contributed by atoms with Gasteiger partial charge < -0.3 is 15.8 Å². The van der Waals surface area contributed by atoms with Gasteiger partial charge in [0.15, 0.2) is 0 Å². The molecule has 1 heterocycles. The van der Waals surface area contributed by atoms with E-state index in [9.17, 15) is 0 Å². The Hall–Kier alpha value is -2.23. The average molecular weight is 285 g/mol. The molecule has 1 atom stereocenters. The zero-order valence-corrected chi connectivity index (χ0v) is 12.8. The van der Waals surface area contributed by atoms with Crippen LogP contribution in [0.3, 0.4) is 0 Å². The number of benzene rings is 1. The number of hydrogen-bond acceptors (Lipinski definition) is 4. The summed E-state index contributed by atoms with van der Waals surface area (Å²) >= 11 is 0. The molecule has 0 saturated carbocycles. The van der Waals surface area contributed by atoms with Crippen molar-refractivity contribution in [1.82, 2.24) is 4.98 Å². The summed E-state index contributed by atoms with van der Waals surface area (Å²) < 4.78 is 5.65. The molecule has 0 spiro atoms. The van der Waals surface area contributed by atoms with E-state index in [-0.39, 0.29) is 6.04 Å². The zero-order chi connectivity index (χ0) is 15.2. The van der Waals surface area contributed by atoms with Gasteiger partial charge in [0.2, 0.25) is 5.88 Å². The molecule has 0 aliphatic heterocycles. The van der Waals surface area contributed by atoms with Gasteiger partial charge in [-0.05, 0) is 30.5 Å². The van der Waals surface area contributed by atoms with Crippen LogP contribution in [-0.2, 0) is 0 Å². The maximum Gasteiger partial charge on any atom is 0.239 e. The van der Waals surface area contributed by atoms with Gasteiger partial charge in [-0.25, -0.2) is 0 Å². The van der Waals surface area contributed by atoms with Crippen LogP contribution >= 0.6 is 0 Å². The number of nitrogens with zero attached hydrogens (tertiary/aromatic N) is 1. The second-order valence-corrected chi connectivity index (χ2v) is 5.57. The van der Waals surface area contributed by atoms with Crippen molar-refractivity contribution in [1.29, 1.82) is 0 Å². The number of hydrogen-bond donors (Lipinski definition) is 2. The summed E-state index contributed by atoms with van der Waals surface area (Å²) in [5.41, 5.74) is 7.67. The Balaban J connectivity index is 2.08. The second kappa shape index (κ2) is 6.97. The normalized spacial score (nSPS) is 12.2. The summed E-state index contributed by atoms with van der Waals surface area (Å²) in [6.45, 7) is 6.89. The van der Waals surface area contributed by atoms with Crippen LogP contribution in [0.25, 0.3) is 0 Å². The van der Waals surface area contributed by atoms with E-state index in [1.54, 1.807) is 0 Å². The molecule has 0 saturated heterocycles. The van der Waals surface area contributed by atoms with Gasteiger partial charge in [-0.2, -0.15) is 4.98 Å². The third-order valence-electron chi connectivity index (χ3n) is 3.11. The van der Waals surface area contributed by atoms with Crippen LogP contribution < -0.4 is 15.8 Å². The number of anilines is 2. The fraction of sp³-hybridized carbons (Fsp3) is 0.353. The van der Waals surface area contributed by atoms with Crippen molar-refractivity contribution < 1.29 is 4.74 Å². The molecule has 0 amide bonds. The summed E-state index contributed by atoms with van der Waals surface area (Å²) in [5, 5.41) is 3.37. The Morgan fingerprint density at radius 3 is 2.48 bits per heavy atom. The minimum Gasteiger partial charge on any atom is -0.476 e. The monoisotopic (exact) mass is 285 g/mol. The number of ether oxygens (including phenoxy) is 1. The van der Waals surface area contributed by atoms with Crippen molar-refractivity contribution in [2.24, 2.45) is 5.92 Å². The van der Waals surface area contributed by atoms with Crippen LogP contribution in [0.2, 0.25) is 0 Å². The van der Waals surface area contributed by atoms with E-state index in [2.05, 4.69) is 43.2 Å². The first-order valence-corrected chi connectivity index (χ1v) is 7.27. The minimum absolute atomic E-state index is 0.167. The summed E-state index contributed by atoms with van der Waals surface area (Å²) in [6, 6.07) is 14.1. The molecular weight excluding hydrogens is 262 g/mol. The van der Waals surface area contributed by atoms with Crippen molar-refractivity contribution in [3.63, 3.8) is 0 Å². The molecule has 2 aromatic rings. The Morgan fingerprint density at radius 1 is 1.10 bits per heavy atom. The first-order chi connectivity index (χ1) is 10.1. The molecule has 1 aromatic heterocycles. The average Bonchev–Trinajstić information content (AvgIpc) is 2.48. The fourth-order valence-electron chi connectivity index (χ4n) is 1.94. The van der Waals surface area contributed by atoms with E-state index < -0.39 is 0 Å². The lowest BCUT2D eigenvalue weighted by molar-refractivity contribution is 0.263. The maximum absolute atomic E-state index is 5.90. The first-order valence-electron chi connectivity index (χ1n) is 7.27. The molecule has 4 heteroatoms. The van der Waals surface area contributed by atoms with Crippen molar-refractivity contribution in [3.8, 4) is 5.88 Å². The number of nitrogens with two attached hydrogens (primary N) is 1. The summed E-state index contributed by atoms with van der Waals surface area (Å²) in [5.74, 6) is 1.69. The van der Waals surface area contributed by atoms with Crippen LogP contribution in [0, 0.1) is 5.92 Å². The van der Waals surface area contributed by atoms with Crippen molar-refractivity contribution in [2.45, 2.75) is 26.8 Å². The molecule has 1 unspecified atom stereocenters. The molecule has 112 valence electrons. The molecule has 21 heavy (non-hydrogen) atoms. The highest BCUT2D eigenvalue weighted by atomic mass is 16.5. The van der Waals surface area contributed by atoms with Crippen LogP contribution in [0.15, 0.2) is 42.5 Å². The SMILES string of the molecule is CC(C)COc1nc(NC(C)c2ccccc2)ccc1N. The number of pyridine rings is 1. The van der Waals surface area contributed by atoms with Crippen LogP contribution in [-0.4, -0.2) is 11.6 Å². The quantitative estimate of drug-likeness (QED) is 0.845. The van der Waals surface area contributed by atoms with Crippen LogP contribution in [0.1, 0.15) is 32.4 Å². The predicted octanol–water partition coefficient (Wildman–Crippen LogP) is 3.87. The molecule has 0 bridgehead atoms. The van der Waals surface area contributed by atoms with Gasteiger partial charge in [-0.3, -0.25) is 0 Å². The smallest absolute Gasteiger partial charge is 0.239 e. The van der Waals surface area contributed by atoms with E-state index in [0.29, 0.717) is 24.1 Å². The Morgan fingerprint density at radius 2 is 1.81 bits per heavy atom. The van der Waals surface area contributed by atoms with Gasteiger partial charge in [-0.15, -0.1) is 0 Å². The Bertz CT molecular complexity index is 570. The van der Waals surface area contributed by atoms with Gasteiger partial charge in [0.25, 0.3) is 0 Å². The standard InChI is InChI=1S/C17H23N3O/c1-12(2)11-21-17-15(18)9-10-16(20-17)19-13(3)14-7-5-4-6-8-14/h4-10,12-13H,11,18H2,1-3H3,(H,19,20). The molecule has 1 aromatic carbocycles. The Labute approximate surface area is 126 Å². The molecule has 0 aliphatic rings. The predicted molar refractivity (Wildman–Crippen MR) is 87.5 cm³/mol. The highest BCUT2D eigenvalue weighted by Crippen LogP contribution is 2.24. The largest absolute Gasteiger partial charge is 0.476 e. The van der Waals surface area contributed by atoms with E-state index in [0.717, 1.165) is 5.82 Å². The van der Waals surface area contributed by atoms with Gasteiger partial charge in [0, 0.05) is 6.04 Å². The topological polar surface area (TPSA) is 60.2 Å². The maximum atomic E-state index is 5.90. The van der Waals surface area contributed by atoms with Gasteiger partial charge in [-0.1, -0.05) is 44.2 Å².